The lowest BCUT2D eigenvalue weighted by Gasteiger charge is -2.20. The Balaban J connectivity index is 1.29. The highest BCUT2D eigenvalue weighted by Gasteiger charge is 2.36. The van der Waals surface area contributed by atoms with E-state index in [1.54, 1.807) is 12.1 Å². The minimum atomic E-state index is -0.468. The van der Waals surface area contributed by atoms with Crippen molar-refractivity contribution in [3.8, 4) is 5.75 Å². The molecule has 2 aliphatic rings. The van der Waals surface area contributed by atoms with Crippen LogP contribution in [0.4, 0.5) is 0 Å². The molecule has 194 valence electrons. The quantitative estimate of drug-likeness (QED) is 0.271. The molecule has 1 amide bonds. The lowest BCUT2D eigenvalue weighted by molar-refractivity contribution is -0.114. The first kappa shape index (κ1) is 25.2. The van der Waals surface area contributed by atoms with E-state index in [0.717, 1.165) is 38.9 Å². The van der Waals surface area contributed by atoms with Crippen molar-refractivity contribution in [2.45, 2.75) is 20.4 Å². The topological polar surface area (TPSA) is 83.0 Å². The fourth-order valence-electron chi connectivity index (χ4n) is 4.74. The van der Waals surface area contributed by atoms with E-state index in [1.165, 1.54) is 16.8 Å². The SMILES string of the molecule is Cc1cccc(C)c1OCCn1cc(C=C2C(=N)N3N=C(c4ccccc4Cl)SC3=NC2=O)c2ccccc21. The highest BCUT2D eigenvalue weighted by molar-refractivity contribution is 8.27. The summed E-state index contributed by atoms with van der Waals surface area (Å²) >= 11 is 7.58. The number of nitrogens with zero attached hydrogens (tertiary/aromatic N) is 4. The fourth-order valence-corrected chi connectivity index (χ4v) is 5.95. The molecular formula is C30H24ClN5O2S. The maximum atomic E-state index is 13.1. The molecule has 4 aromatic rings. The van der Waals surface area contributed by atoms with E-state index in [2.05, 4.69) is 14.7 Å². The summed E-state index contributed by atoms with van der Waals surface area (Å²) in [5.74, 6) is 0.422. The van der Waals surface area contributed by atoms with Gasteiger partial charge in [-0.15, -0.1) is 0 Å². The van der Waals surface area contributed by atoms with Gasteiger partial charge >= 0.3 is 0 Å². The maximum absolute atomic E-state index is 13.1. The predicted octanol–water partition coefficient (Wildman–Crippen LogP) is 6.66. The number of halogens is 1. The first-order valence-electron chi connectivity index (χ1n) is 12.4. The summed E-state index contributed by atoms with van der Waals surface area (Å²) in [6.45, 7) is 5.21. The van der Waals surface area contributed by atoms with Crippen molar-refractivity contribution in [3.63, 3.8) is 0 Å². The molecule has 3 aromatic carbocycles. The molecule has 0 atom stereocenters. The van der Waals surface area contributed by atoms with Crippen molar-refractivity contribution in [2.24, 2.45) is 10.1 Å². The normalized spacial score (nSPS) is 16.1. The molecule has 9 heteroatoms. The van der Waals surface area contributed by atoms with Gasteiger partial charge in [-0.2, -0.15) is 15.1 Å². The summed E-state index contributed by atoms with van der Waals surface area (Å²) in [7, 11) is 0. The molecule has 0 bridgehead atoms. The molecule has 0 unspecified atom stereocenters. The molecule has 1 N–H and O–H groups in total. The van der Waals surface area contributed by atoms with Gasteiger partial charge in [0.2, 0.25) is 5.17 Å². The number of thioether (sulfide) groups is 1. The number of benzene rings is 3. The van der Waals surface area contributed by atoms with E-state index in [9.17, 15) is 4.79 Å². The van der Waals surface area contributed by atoms with Crippen LogP contribution in [-0.4, -0.2) is 38.1 Å². The van der Waals surface area contributed by atoms with Crippen LogP contribution in [0.3, 0.4) is 0 Å². The molecule has 1 aromatic heterocycles. The van der Waals surface area contributed by atoms with E-state index in [1.807, 2.05) is 80.7 Å². The molecule has 6 rings (SSSR count). The van der Waals surface area contributed by atoms with Crippen molar-refractivity contribution in [3.05, 3.63) is 106 Å². The third-order valence-corrected chi connectivity index (χ3v) is 7.94. The average Bonchev–Trinajstić information content (AvgIpc) is 3.50. The van der Waals surface area contributed by atoms with Crippen molar-refractivity contribution in [1.82, 2.24) is 9.58 Å². The Labute approximate surface area is 235 Å². The van der Waals surface area contributed by atoms with E-state index in [-0.39, 0.29) is 11.4 Å². The second kappa shape index (κ2) is 10.2. The average molecular weight is 554 g/mol. The second-order valence-corrected chi connectivity index (χ2v) is 10.6. The first-order valence-corrected chi connectivity index (χ1v) is 13.6. The van der Waals surface area contributed by atoms with Gasteiger partial charge in [-0.1, -0.05) is 66.2 Å². The smallest absolute Gasteiger partial charge is 0.283 e. The number of nitrogens with one attached hydrogen (secondary N) is 1. The van der Waals surface area contributed by atoms with Gasteiger partial charge < -0.3 is 9.30 Å². The molecule has 0 aliphatic carbocycles. The molecule has 2 aliphatic heterocycles. The number of hydrazone groups is 1. The van der Waals surface area contributed by atoms with Crippen molar-refractivity contribution in [2.75, 3.05) is 6.61 Å². The van der Waals surface area contributed by atoms with Gasteiger partial charge in [-0.05, 0) is 54.9 Å². The third-order valence-electron chi connectivity index (χ3n) is 6.67. The summed E-state index contributed by atoms with van der Waals surface area (Å²) in [5.41, 5.74) is 4.96. The number of aromatic nitrogens is 1. The van der Waals surface area contributed by atoms with Crippen LogP contribution in [0, 0.1) is 19.3 Å². The number of amides is 1. The van der Waals surface area contributed by atoms with E-state index in [0.29, 0.717) is 28.4 Å². The molecule has 0 saturated carbocycles. The number of carbonyl (C=O) groups is 1. The number of ether oxygens (including phenoxy) is 1. The van der Waals surface area contributed by atoms with Gasteiger partial charge in [-0.25, -0.2) is 0 Å². The Bertz CT molecular complexity index is 1730. The van der Waals surface area contributed by atoms with Crippen LogP contribution in [-0.2, 0) is 11.3 Å². The van der Waals surface area contributed by atoms with Crippen LogP contribution in [0.2, 0.25) is 5.02 Å². The van der Waals surface area contributed by atoms with Crippen molar-refractivity contribution < 1.29 is 9.53 Å². The van der Waals surface area contributed by atoms with Gasteiger partial charge in [0.05, 0.1) is 17.1 Å². The summed E-state index contributed by atoms with van der Waals surface area (Å²) in [5, 5.41) is 17.2. The molecule has 3 heterocycles. The second-order valence-electron chi connectivity index (χ2n) is 9.27. The largest absolute Gasteiger partial charge is 0.491 e. The van der Waals surface area contributed by atoms with Gasteiger partial charge in [0, 0.05) is 28.2 Å². The van der Waals surface area contributed by atoms with Crippen LogP contribution in [0.5, 0.6) is 5.75 Å². The Kier molecular flexibility index (Phi) is 6.58. The number of aliphatic imine (C=N–C) groups is 1. The summed E-state index contributed by atoms with van der Waals surface area (Å²) < 4.78 is 8.25. The molecule has 39 heavy (non-hydrogen) atoms. The third kappa shape index (κ3) is 4.66. The van der Waals surface area contributed by atoms with E-state index < -0.39 is 5.91 Å². The number of rotatable bonds is 6. The molecule has 0 radical (unpaired) electrons. The predicted molar refractivity (Wildman–Crippen MR) is 159 cm³/mol. The number of amidine groups is 2. The molecule has 0 fully saturated rings. The molecule has 7 nitrogen and oxygen atoms in total. The highest BCUT2D eigenvalue weighted by Crippen LogP contribution is 2.34. The zero-order chi connectivity index (χ0) is 27.1. The van der Waals surface area contributed by atoms with Crippen LogP contribution in [0.1, 0.15) is 22.3 Å². The maximum Gasteiger partial charge on any atom is 0.283 e. The first-order chi connectivity index (χ1) is 18.9. The zero-order valence-electron chi connectivity index (χ0n) is 21.3. The lowest BCUT2D eigenvalue weighted by Crippen LogP contribution is -2.35. The Morgan fingerprint density at radius 3 is 2.56 bits per heavy atom. The van der Waals surface area contributed by atoms with Gasteiger partial charge in [0.1, 0.15) is 17.4 Å². The number of aryl methyl sites for hydroxylation is 2. The highest BCUT2D eigenvalue weighted by atomic mass is 35.5. The Morgan fingerprint density at radius 1 is 1.03 bits per heavy atom. The number of para-hydroxylation sites is 2. The summed E-state index contributed by atoms with van der Waals surface area (Å²) in [6, 6.07) is 21.5. The van der Waals surface area contributed by atoms with E-state index >= 15 is 0 Å². The minimum Gasteiger partial charge on any atom is -0.491 e. The number of hydrogen-bond donors (Lipinski definition) is 1. The van der Waals surface area contributed by atoms with Crippen LogP contribution in [0.15, 0.2) is 88.6 Å². The monoisotopic (exact) mass is 553 g/mol. The van der Waals surface area contributed by atoms with Gasteiger partial charge in [0.15, 0.2) is 5.84 Å². The van der Waals surface area contributed by atoms with Gasteiger partial charge in [-0.3, -0.25) is 10.2 Å². The Hall–Kier alpha value is -4.14. The molecule has 0 saturated heterocycles. The standard InChI is InChI=1S/C30H24ClN5O2S/c1-18-8-7-9-19(2)26(18)38-15-14-35-17-20(21-10-4-6-13-25(21)35)16-23-27(32)36-30(33-28(23)37)39-29(34-36)22-11-3-5-12-24(22)31/h3-13,16-17,32H,14-15H2,1-2H3. The van der Waals surface area contributed by atoms with Gasteiger partial charge in [0.25, 0.3) is 5.91 Å². The van der Waals surface area contributed by atoms with Crippen molar-refractivity contribution in [1.29, 1.82) is 5.41 Å². The zero-order valence-corrected chi connectivity index (χ0v) is 22.9. The lowest BCUT2D eigenvalue weighted by atomic mass is 10.1. The molecule has 0 spiro atoms. The van der Waals surface area contributed by atoms with E-state index in [4.69, 9.17) is 21.7 Å². The number of fused-ring (bicyclic) bond motifs is 2. The number of hydrogen-bond acceptors (Lipinski definition) is 5. The van der Waals surface area contributed by atoms with Crippen LogP contribution >= 0.6 is 23.4 Å². The summed E-state index contributed by atoms with van der Waals surface area (Å²) in [4.78, 5) is 17.3. The van der Waals surface area contributed by atoms with Crippen molar-refractivity contribution >= 4 is 62.3 Å². The molecular weight excluding hydrogens is 530 g/mol. The van der Waals surface area contributed by atoms with Crippen LogP contribution in [0.25, 0.3) is 17.0 Å². The fraction of sp³-hybridized carbons (Fsp3) is 0.133. The summed E-state index contributed by atoms with van der Waals surface area (Å²) in [6.07, 6.45) is 3.71. The van der Waals surface area contributed by atoms with Crippen LogP contribution < -0.4 is 4.74 Å². The Morgan fingerprint density at radius 2 is 1.77 bits per heavy atom. The number of carbonyl (C=O) groups excluding carboxylic acids is 1. The minimum absolute atomic E-state index is 0.0188.